The van der Waals surface area contributed by atoms with Gasteiger partial charge in [0, 0.05) is 17.6 Å². The average molecular weight is 440 g/mol. The second kappa shape index (κ2) is 7.86. The lowest BCUT2D eigenvalue weighted by molar-refractivity contribution is 0.131. The summed E-state index contributed by atoms with van der Waals surface area (Å²) >= 11 is 0. The van der Waals surface area contributed by atoms with Gasteiger partial charge in [0.2, 0.25) is 0 Å². The van der Waals surface area contributed by atoms with Crippen LogP contribution in [0.15, 0.2) is 18.5 Å². The maximum absolute atomic E-state index is 13.6. The van der Waals surface area contributed by atoms with Crippen molar-refractivity contribution in [3.63, 3.8) is 0 Å². The molecule has 3 aromatic heterocycles. The lowest BCUT2D eigenvalue weighted by Crippen LogP contribution is -2.16. The third-order valence-electron chi connectivity index (χ3n) is 5.92. The monoisotopic (exact) mass is 440 g/mol. The first-order chi connectivity index (χ1) is 14.2. The van der Waals surface area contributed by atoms with Crippen LogP contribution in [0, 0.1) is 5.92 Å². The van der Waals surface area contributed by atoms with Crippen molar-refractivity contribution >= 4 is 32.2 Å². The molecule has 11 heteroatoms. The summed E-state index contributed by atoms with van der Waals surface area (Å²) in [7, 11) is -3.63. The van der Waals surface area contributed by atoms with Crippen LogP contribution in [0.2, 0.25) is 0 Å². The van der Waals surface area contributed by atoms with E-state index < -0.39 is 21.8 Å². The Labute approximate surface area is 172 Å². The number of alkyl halides is 2. The number of H-pyrrole nitrogens is 1. The standard InChI is InChI=1S/C16H18F2N5.C3H6O3S/c1-2-8-5-9(19)6-12(8)23-13-10-3-4-20-15(10)21-7-11(13)22-16(23)14(17)18;4-7(5,6)3-1-2-3/h3-4,7-9,12,14,19H,2,5-6H2,1H3,(H,20,21);3H,1-2H2,(H,4,5,6)/q-1;/t8-,9+,12+;/m1./s1. The van der Waals surface area contributed by atoms with Crippen molar-refractivity contribution in [3.8, 4) is 0 Å². The summed E-state index contributed by atoms with van der Waals surface area (Å²) < 4.78 is 57.0. The highest BCUT2D eigenvalue weighted by atomic mass is 32.2. The Morgan fingerprint density at radius 2 is 2.10 bits per heavy atom. The van der Waals surface area contributed by atoms with E-state index in [9.17, 15) is 17.2 Å². The van der Waals surface area contributed by atoms with Gasteiger partial charge in [0.05, 0.1) is 17.0 Å². The number of nitrogens with zero attached hydrogens (tertiary/aromatic N) is 3. The van der Waals surface area contributed by atoms with Gasteiger partial charge in [-0.3, -0.25) is 4.55 Å². The van der Waals surface area contributed by atoms with Gasteiger partial charge in [-0.2, -0.15) is 8.42 Å². The Balaban J connectivity index is 0.000000265. The number of nitrogens with one attached hydrogen (secondary N) is 2. The second-order valence-electron chi connectivity index (χ2n) is 7.99. The minimum Gasteiger partial charge on any atom is -0.675 e. The van der Waals surface area contributed by atoms with Crippen molar-refractivity contribution in [1.82, 2.24) is 19.5 Å². The summed E-state index contributed by atoms with van der Waals surface area (Å²) in [6.45, 7) is 2.06. The van der Waals surface area contributed by atoms with Crippen molar-refractivity contribution in [1.29, 1.82) is 0 Å². The number of imidazole rings is 1. The molecule has 5 rings (SSSR count). The second-order valence-corrected chi connectivity index (χ2v) is 9.69. The molecule has 2 aliphatic rings. The summed E-state index contributed by atoms with van der Waals surface area (Å²) in [4.78, 5) is 11.4. The molecule has 0 aliphatic heterocycles. The number of fused-ring (bicyclic) bond motifs is 3. The van der Waals surface area contributed by atoms with Crippen molar-refractivity contribution in [3.05, 3.63) is 30.0 Å². The van der Waals surface area contributed by atoms with E-state index in [2.05, 4.69) is 21.9 Å². The predicted molar refractivity (Wildman–Crippen MR) is 109 cm³/mol. The molecule has 30 heavy (non-hydrogen) atoms. The van der Waals surface area contributed by atoms with E-state index >= 15 is 0 Å². The van der Waals surface area contributed by atoms with Gasteiger partial charge >= 0.3 is 0 Å². The maximum atomic E-state index is 13.6. The average Bonchev–Trinajstić information content (AvgIpc) is 3.17. The van der Waals surface area contributed by atoms with Crippen LogP contribution in [0.5, 0.6) is 0 Å². The van der Waals surface area contributed by atoms with Crippen LogP contribution in [0.1, 0.15) is 57.3 Å². The molecule has 8 nitrogen and oxygen atoms in total. The van der Waals surface area contributed by atoms with Gasteiger partial charge in [0.15, 0.2) is 5.82 Å². The lowest BCUT2D eigenvalue weighted by atomic mass is 10.00. The molecule has 0 saturated heterocycles. The Morgan fingerprint density at radius 3 is 2.67 bits per heavy atom. The zero-order chi connectivity index (χ0) is 21.6. The minimum atomic E-state index is -3.63. The van der Waals surface area contributed by atoms with E-state index in [1.807, 2.05) is 6.07 Å². The summed E-state index contributed by atoms with van der Waals surface area (Å²) in [5.41, 5.74) is 9.96. The smallest absolute Gasteiger partial charge is 0.295 e. The molecule has 0 amide bonds. The lowest BCUT2D eigenvalue weighted by Gasteiger charge is -2.23. The van der Waals surface area contributed by atoms with Gasteiger partial charge in [-0.05, 0) is 31.2 Å². The Hall–Kier alpha value is -2.11. The highest BCUT2D eigenvalue weighted by Gasteiger charge is 2.35. The van der Waals surface area contributed by atoms with Gasteiger partial charge < -0.3 is 15.3 Å². The topological polar surface area (TPSA) is 125 Å². The molecule has 0 radical (unpaired) electrons. The number of aromatic nitrogens is 4. The SMILES string of the molecule is CC[C@@H]1C[C@H]([NH-])C[C@@H]1n1c(C(F)F)nc2cnc3[nH]ccc3c21.O=S(=O)(O)C1CC1. The number of halogens is 2. The van der Waals surface area contributed by atoms with Crippen LogP contribution in [0.25, 0.3) is 27.8 Å². The molecule has 2 fully saturated rings. The normalized spacial score (nSPS) is 24.5. The van der Waals surface area contributed by atoms with Gasteiger partial charge in [0.1, 0.15) is 11.2 Å². The number of pyridine rings is 1. The molecule has 0 bridgehead atoms. The highest BCUT2D eigenvalue weighted by molar-refractivity contribution is 7.86. The maximum Gasteiger partial charge on any atom is 0.295 e. The third kappa shape index (κ3) is 3.93. The fraction of sp³-hybridized carbons (Fsp3) is 0.579. The molecular weight excluding hydrogens is 416 g/mol. The molecule has 3 N–H and O–H groups in total. The van der Waals surface area contributed by atoms with Crippen molar-refractivity contribution in [2.75, 3.05) is 0 Å². The fourth-order valence-corrected chi connectivity index (χ4v) is 5.06. The summed E-state index contributed by atoms with van der Waals surface area (Å²) in [6, 6.07) is 1.56. The Kier molecular flexibility index (Phi) is 5.54. The third-order valence-corrected chi connectivity index (χ3v) is 7.23. The number of hydrogen-bond acceptors (Lipinski definition) is 4. The van der Waals surface area contributed by atoms with Gasteiger partial charge in [0.25, 0.3) is 16.5 Å². The fourth-order valence-electron chi connectivity index (χ4n) is 4.32. The molecule has 0 unspecified atom stereocenters. The largest absolute Gasteiger partial charge is 0.675 e. The van der Waals surface area contributed by atoms with Crippen molar-refractivity contribution in [2.45, 2.75) is 62.8 Å². The Bertz CT molecular complexity index is 1160. The summed E-state index contributed by atoms with van der Waals surface area (Å²) in [6.07, 6.45) is 4.17. The molecule has 3 heterocycles. The molecule has 3 aromatic rings. The van der Waals surface area contributed by atoms with Crippen molar-refractivity contribution in [2.24, 2.45) is 5.92 Å². The quantitative estimate of drug-likeness (QED) is 0.571. The van der Waals surface area contributed by atoms with Crippen LogP contribution in [0.3, 0.4) is 0 Å². The molecule has 2 saturated carbocycles. The predicted octanol–water partition coefficient (Wildman–Crippen LogP) is 4.67. The summed E-state index contributed by atoms with van der Waals surface area (Å²) in [5.74, 6) is 0.0302. The zero-order valence-electron chi connectivity index (χ0n) is 16.4. The van der Waals surface area contributed by atoms with Crippen LogP contribution in [-0.2, 0) is 10.1 Å². The summed E-state index contributed by atoms with van der Waals surface area (Å²) in [5, 5.41) is 0.387. The first kappa shape index (κ1) is 21.1. The van der Waals surface area contributed by atoms with E-state index in [-0.39, 0.29) is 23.8 Å². The van der Waals surface area contributed by atoms with E-state index in [0.29, 0.717) is 35.9 Å². The van der Waals surface area contributed by atoms with Crippen LogP contribution >= 0.6 is 0 Å². The highest BCUT2D eigenvalue weighted by Crippen LogP contribution is 2.43. The first-order valence-electron chi connectivity index (χ1n) is 10.00. The van der Waals surface area contributed by atoms with Crippen LogP contribution in [0.4, 0.5) is 8.78 Å². The van der Waals surface area contributed by atoms with Gasteiger partial charge in [-0.15, -0.1) is 6.04 Å². The molecule has 2 aliphatic carbocycles. The number of hydrogen-bond donors (Lipinski definition) is 2. The van der Waals surface area contributed by atoms with E-state index in [1.54, 1.807) is 17.0 Å². The van der Waals surface area contributed by atoms with E-state index in [4.69, 9.17) is 10.3 Å². The van der Waals surface area contributed by atoms with Gasteiger partial charge in [-0.25, -0.2) is 18.7 Å². The van der Waals surface area contributed by atoms with Crippen LogP contribution in [-0.4, -0.2) is 43.8 Å². The molecular formula is C19H24F2N5O3S-. The minimum absolute atomic E-state index is 0.100. The first-order valence-corrected chi connectivity index (χ1v) is 11.5. The van der Waals surface area contributed by atoms with Gasteiger partial charge in [-0.1, -0.05) is 19.8 Å². The van der Waals surface area contributed by atoms with E-state index in [0.717, 1.165) is 18.2 Å². The molecule has 164 valence electrons. The Morgan fingerprint density at radius 1 is 1.37 bits per heavy atom. The van der Waals surface area contributed by atoms with Crippen LogP contribution < -0.4 is 0 Å². The molecule has 3 atom stereocenters. The molecule has 0 aromatic carbocycles. The molecule has 0 spiro atoms. The number of aromatic amines is 1. The number of rotatable bonds is 4. The zero-order valence-corrected chi connectivity index (χ0v) is 17.2. The van der Waals surface area contributed by atoms with Crippen molar-refractivity contribution < 1.29 is 21.8 Å². The van der Waals surface area contributed by atoms with E-state index in [1.165, 1.54) is 0 Å².